The van der Waals surface area contributed by atoms with Crippen LogP contribution in [0.25, 0.3) is 15.9 Å². The Labute approximate surface area is 221 Å². The number of aromatic nitrogens is 1. The second kappa shape index (κ2) is 9.81. The van der Waals surface area contributed by atoms with E-state index in [1.807, 2.05) is 11.8 Å². The Morgan fingerprint density at radius 1 is 1.11 bits per heavy atom. The number of hydrogen-bond acceptors (Lipinski definition) is 2. The van der Waals surface area contributed by atoms with Crippen molar-refractivity contribution < 1.29 is 4.57 Å². The monoisotopic (exact) mass is 549 g/mol. The van der Waals surface area contributed by atoms with Crippen molar-refractivity contribution >= 4 is 42.1 Å². The first-order chi connectivity index (χ1) is 17.0. The fraction of sp³-hybridized carbons (Fsp3) is 0.387. The molecule has 0 bridgehead atoms. The summed E-state index contributed by atoms with van der Waals surface area (Å²) in [5.41, 5.74) is 8.64. The summed E-state index contributed by atoms with van der Waals surface area (Å²) in [5.74, 6) is 0. The number of benzene rings is 2. The van der Waals surface area contributed by atoms with Gasteiger partial charge in [0.05, 0.1) is 0 Å². The van der Waals surface area contributed by atoms with Gasteiger partial charge in [-0.25, -0.2) is 0 Å². The van der Waals surface area contributed by atoms with E-state index < -0.39 is 0 Å². The van der Waals surface area contributed by atoms with Crippen LogP contribution in [-0.4, -0.2) is 25.9 Å². The van der Waals surface area contributed by atoms with Gasteiger partial charge in [-0.2, -0.15) is 0 Å². The first-order valence-corrected chi connectivity index (χ1v) is 15.6. The van der Waals surface area contributed by atoms with E-state index in [0.29, 0.717) is 14.5 Å². The molecule has 2 nitrogen and oxygen atoms in total. The van der Waals surface area contributed by atoms with Crippen molar-refractivity contribution in [2.45, 2.75) is 72.9 Å². The molecule has 1 atom stereocenters. The van der Waals surface area contributed by atoms with E-state index in [-0.39, 0.29) is 5.54 Å². The number of fused-ring (bicyclic) bond motifs is 4. The van der Waals surface area contributed by atoms with Gasteiger partial charge in [-0.3, -0.25) is 0 Å². The van der Waals surface area contributed by atoms with Crippen molar-refractivity contribution in [1.29, 1.82) is 0 Å². The Bertz CT molecular complexity index is 1380. The van der Waals surface area contributed by atoms with Gasteiger partial charge in [-0.15, -0.1) is 0 Å². The van der Waals surface area contributed by atoms with E-state index in [2.05, 4.69) is 106 Å². The number of likely N-dealkylation sites (N-methyl/N-ethyl adjacent to an activating group) is 1. The summed E-state index contributed by atoms with van der Waals surface area (Å²) in [7, 11) is 0. The molecule has 0 N–H and O–H groups in total. The van der Waals surface area contributed by atoms with E-state index in [1.54, 1.807) is 0 Å². The van der Waals surface area contributed by atoms with E-state index in [1.165, 1.54) is 52.1 Å². The molecule has 2 aliphatic rings. The number of hydrogen-bond donors (Lipinski definition) is 0. The molecule has 1 saturated heterocycles. The van der Waals surface area contributed by atoms with Crippen LogP contribution in [0, 0.1) is 13.8 Å². The molecule has 1 unspecified atom stereocenters. The third kappa shape index (κ3) is 3.99. The second-order valence-corrected chi connectivity index (χ2v) is 12.9. The number of aryl methyl sites for hydroxylation is 3. The third-order valence-corrected chi connectivity index (χ3v) is 11.4. The standard InChI is InChI=1S/C31H37N2SSe/c1-7-23(20-30-32(9-3)26-17-21(5)22(6)18-27(26)35-30)19-29-33(10-4)31(8-2)25-14-12-11-13-24(25)15-16-28(31)34-29/h11-14,16-20H,7-10,15H2,1-6H3/q+1. The van der Waals surface area contributed by atoms with Crippen LogP contribution in [0.15, 0.2) is 64.1 Å². The molecule has 1 aliphatic carbocycles. The van der Waals surface area contributed by atoms with Gasteiger partial charge < -0.3 is 0 Å². The molecule has 35 heavy (non-hydrogen) atoms. The summed E-state index contributed by atoms with van der Waals surface area (Å²) in [6.07, 6.45) is 10.7. The fourth-order valence-corrected chi connectivity index (χ4v) is 10.0. The molecule has 2 aromatic carbocycles. The van der Waals surface area contributed by atoms with Gasteiger partial charge in [0.2, 0.25) is 0 Å². The zero-order chi connectivity index (χ0) is 24.7. The predicted octanol–water partition coefficient (Wildman–Crippen LogP) is 7.27. The van der Waals surface area contributed by atoms with Gasteiger partial charge in [0, 0.05) is 0 Å². The average Bonchev–Trinajstić information content (AvgIpc) is 3.37. The van der Waals surface area contributed by atoms with E-state index in [9.17, 15) is 0 Å². The molecular formula is C31H37N2SSe+. The van der Waals surface area contributed by atoms with Crippen molar-refractivity contribution in [1.82, 2.24) is 4.90 Å². The number of rotatable bonds is 6. The molecular weight excluding hydrogens is 511 g/mol. The zero-order valence-corrected chi connectivity index (χ0v) is 24.5. The molecule has 182 valence electrons. The Morgan fingerprint density at radius 2 is 1.89 bits per heavy atom. The molecule has 0 radical (unpaired) electrons. The summed E-state index contributed by atoms with van der Waals surface area (Å²) in [5, 5.41) is 1.41. The van der Waals surface area contributed by atoms with Crippen LogP contribution >= 0.6 is 11.8 Å². The van der Waals surface area contributed by atoms with Crippen LogP contribution in [-0.2, 0) is 18.5 Å². The van der Waals surface area contributed by atoms with Crippen LogP contribution in [0.3, 0.4) is 0 Å². The SMILES string of the molecule is CCC(/C=C1\SC2=CCc3ccccc3C2(CC)N1CC)=C\c1[se]c2cc(C)c(C)cc2[n+]1CC. The summed E-state index contributed by atoms with van der Waals surface area (Å²) in [6, 6.07) is 13.9. The van der Waals surface area contributed by atoms with Crippen LogP contribution in [0.2, 0.25) is 0 Å². The quantitative estimate of drug-likeness (QED) is 0.236. The minimum absolute atomic E-state index is 0.00979. The topological polar surface area (TPSA) is 7.12 Å². The molecule has 0 saturated carbocycles. The van der Waals surface area contributed by atoms with Crippen LogP contribution in [0.1, 0.15) is 67.4 Å². The van der Waals surface area contributed by atoms with Gasteiger partial charge in [0.25, 0.3) is 0 Å². The molecule has 0 amide bonds. The molecule has 2 heterocycles. The average molecular weight is 549 g/mol. The molecule has 5 rings (SSSR count). The first-order valence-electron chi connectivity index (χ1n) is 13.1. The van der Waals surface area contributed by atoms with Crippen molar-refractivity contribution in [3.63, 3.8) is 0 Å². The van der Waals surface area contributed by atoms with Crippen LogP contribution in [0.5, 0.6) is 0 Å². The predicted molar refractivity (Wildman–Crippen MR) is 153 cm³/mol. The summed E-state index contributed by atoms with van der Waals surface area (Å²) in [6.45, 7) is 15.8. The van der Waals surface area contributed by atoms with Gasteiger partial charge in [0.1, 0.15) is 0 Å². The zero-order valence-electron chi connectivity index (χ0n) is 21.9. The number of thioether (sulfide) groups is 1. The van der Waals surface area contributed by atoms with E-state index in [0.717, 1.165) is 32.4 Å². The molecule has 0 spiro atoms. The Morgan fingerprint density at radius 3 is 2.60 bits per heavy atom. The van der Waals surface area contributed by atoms with Gasteiger partial charge in [-0.05, 0) is 0 Å². The molecule has 1 aliphatic heterocycles. The van der Waals surface area contributed by atoms with Crippen molar-refractivity contribution in [3.05, 3.63) is 90.9 Å². The first kappa shape index (κ1) is 24.7. The molecule has 1 aromatic heterocycles. The maximum absolute atomic E-state index is 2.68. The normalized spacial score (nSPS) is 21.0. The van der Waals surface area contributed by atoms with Crippen molar-refractivity contribution in [2.24, 2.45) is 0 Å². The summed E-state index contributed by atoms with van der Waals surface area (Å²) < 4.78 is 5.56. The van der Waals surface area contributed by atoms with E-state index in [4.69, 9.17) is 0 Å². The van der Waals surface area contributed by atoms with Gasteiger partial charge in [-0.1, -0.05) is 0 Å². The van der Waals surface area contributed by atoms with Crippen LogP contribution < -0.4 is 4.57 Å². The maximum atomic E-state index is 2.68. The molecule has 4 heteroatoms. The molecule has 1 fully saturated rings. The molecule has 3 aromatic rings. The Hall–Kier alpha value is -2.00. The second-order valence-electron chi connectivity index (χ2n) is 9.63. The Balaban J connectivity index is 1.60. The van der Waals surface area contributed by atoms with Crippen LogP contribution in [0.4, 0.5) is 0 Å². The summed E-state index contributed by atoms with van der Waals surface area (Å²) in [4.78, 5) is 4.20. The van der Waals surface area contributed by atoms with Gasteiger partial charge >= 0.3 is 222 Å². The van der Waals surface area contributed by atoms with Gasteiger partial charge in [0.15, 0.2) is 0 Å². The van der Waals surface area contributed by atoms with E-state index >= 15 is 0 Å². The van der Waals surface area contributed by atoms with Crippen molar-refractivity contribution in [3.8, 4) is 0 Å². The Kier molecular flexibility index (Phi) is 6.92. The number of nitrogens with zero attached hydrogens (tertiary/aromatic N) is 2. The third-order valence-electron chi connectivity index (χ3n) is 7.84. The summed E-state index contributed by atoms with van der Waals surface area (Å²) >= 11 is 2.36. The fourth-order valence-electron chi connectivity index (χ4n) is 5.81. The minimum atomic E-state index is -0.00979. The van der Waals surface area contributed by atoms with Crippen molar-refractivity contribution in [2.75, 3.05) is 6.54 Å². The number of allylic oxidation sites excluding steroid dienone is 3.